The lowest BCUT2D eigenvalue weighted by atomic mass is 9.86. The molecule has 4 nitrogen and oxygen atoms in total. The number of aryl methyl sites for hydroxylation is 1. The maximum absolute atomic E-state index is 13.2. The fourth-order valence-corrected chi connectivity index (χ4v) is 5.05. The van der Waals surface area contributed by atoms with Crippen LogP contribution in [-0.4, -0.2) is 24.5 Å². The van der Waals surface area contributed by atoms with Gasteiger partial charge in [-0.15, -0.1) is 11.3 Å². The minimum absolute atomic E-state index is 0.0361. The second-order valence-corrected chi connectivity index (χ2v) is 7.67. The van der Waals surface area contributed by atoms with E-state index in [0.717, 1.165) is 50.2 Å². The fourth-order valence-electron chi connectivity index (χ4n) is 4.06. The van der Waals surface area contributed by atoms with E-state index < -0.39 is 0 Å². The molecule has 2 aromatic rings. The van der Waals surface area contributed by atoms with Gasteiger partial charge in [-0.3, -0.25) is 4.79 Å². The van der Waals surface area contributed by atoms with Crippen molar-refractivity contribution in [3.8, 4) is 0 Å². The number of fused-ring (bicyclic) bond motifs is 1. The van der Waals surface area contributed by atoms with Crippen molar-refractivity contribution in [3.05, 3.63) is 45.5 Å². The Hall–Kier alpha value is -1.59. The minimum Gasteiger partial charge on any atom is -0.461 e. The highest BCUT2D eigenvalue weighted by Gasteiger charge is 2.37. The van der Waals surface area contributed by atoms with Gasteiger partial charge in [0.25, 0.3) is 0 Å². The van der Waals surface area contributed by atoms with Crippen LogP contribution in [0.3, 0.4) is 0 Å². The van der Waals surface area contributed by atoms with Crippen LogP contribution in [0.15, 0.2) is 28.0 Å². The van der Waals surface area contributed by atoms with Crippen LogP contribution in [0.25, 0.3) is 0 Å². The zero-order chi connectivity index (χ0) is 16.5. The van der Waals surface area contributed by atoms with E-state index >= 15 is 0 Å². The van der Waals surface area contributed by atoms with Gasteiger partial charge in [0, 0.05) is 18.5 Å². The summed E-state index contributed by atoms with van der Waals surface area (Å²) in [5.41, 5.74) is 1.27. The number of nitrogens with zero attached hydrogens (tertiary/aromatic N) is 1. The van der Waals surface area contributed by atoms with Crippen LogP contribution in [0.1, 0.15) is 59.6 Å². The Morgan fingerprint density at radius 1 is 1.33 bits per heavy atom. The lowest BCUT2D eigenvalue weighted by Crippen LogP contribution is -2.35. The second kappa shape index (κ2) is 6.73. The van der Waals surface area contributed by atoms with Crippen molar-refractivity contribution in [1.82, 2.24) is 4.90 Å². The first-order valence-electron chi connectivity index (χ1n) is 8.72. The molecular weight excluding hydrogens is 322 g/mol. The fraction of sp³-hybridized carbons (Fsp3) is 0.526. The third-order valence-electron chi connectivity index (χ3n) is 5.18. The Morgan fingerprint density at radius 2 is 2.25 bits per heavy atom. The van der Waals surface area contributed by atoms with Crippen LogP contribution in [0, 0.1) is 0 Å². The number of hydrogen-bond acceptors (Lipinski definition) is 4. The van der Waals surface area contributed by atoms with Gasteiger partial charge in [0.2, 0.25) is 5.91 Å². The number of rotatable bonds is 4. The van der Waals surface area contributed by atoms with Gasteiger partial charge < -0.3 is 14.1 Å². The Kier molecular flexibility index (Phi) is 4.46. The molecule has 2 atom stereocenters. The number of methoxy groups -OCH3 is 1. The van der Waals surface area contributed by atoms with E-state index in [2.05, 4.69) is 11.4 Å². The first-order valence-corrected chi connectivity index (χ1v) is 9.60. The molecule has 3 heterocycles. The van der Waals surface area contributed by atoms with E-state index in [0.29, 0.717) is 6.61 Å². The summed E-state index contributed by atoms with van der Waals surface area (Å²) in [6.07, 6.45) is 5.23. The predicted molar refractivity (Wildman–Crippen MR) is 93.1 cm³/mol. The van der Waals surface area contributed by atoms with Crippen LogP contribution in [0.2, 0.25) is 0 Å². The first kappa shape index (κ1) is 15.9. The molecule has 0 bridgehead atoms. The van der Waals surface area contributed by atoms with Crippen molar-refractivity contribution in [3.63, 3.8) is 0 Å². The summed E-state index contributed by atoms with van der Waals surface area (Å²) >= 11 is 1.79. The quantitative estimate of drug-likeness (QED) is 0.831. The lowest BCUT2D eigenvalue weighted by molar-refractivity contribution is -0.134. The summed E-state index contributed by atoms with van der Waals surface area (Å²) < 4.78 is 11.0. The van der Waals surface area contributed by atoms with Crippen molar-refractivity contribution in [2.24, 2.45) is 0 Å². The largest absolute Gasteiger partial charge is 0.461 e. The summed E-state index contributed by atoms with van der Waals surface area (Å²) in [5, 5.41) is 2.13. The molecule has 0 saturated carbocycles. The monoisotopic (exact) mass is 345 g/mol. The van der Waals surface area contributed by atoms with Crippen LogP contribution in [-0.2, 0) is 22.6 Å². The molecule has 24 heavy (non-hydrogen) atoms. The van der Waals surface area contributed by atoms with Crippen molar-refractivity contribution in [2.45, 2.75) is 50.7 Å². The van der Waals surface area contributed by atoms with Gasteiger partial charge >= 0.3 is 0 Å². The van der Waals surface area contributed by atoms with Crippen LogP contribution in [0.4, 0.5) is 0 Å². The highest BCUT2D eigenvalue weighted by molar-refractivity contribution is 7.10. The van der Waals surface area contributed by atoms with Gasteiger partial charge in [-0.05, 0) is 61.2 Å². The molecule has 2 aromatic heterocycles. The van der Waals surface area contributed by atoms with Gasteiger partial charge in [-0.1, -0.05) is 0 Å². The molecular formula is C19H23NO3S. The number of likely N-dealkylation sites (tertiary alicyclic amines) is 1. The lowest BCUT2D eigenvalue weighted by Gasteiger charge is -2.30. The van der Waals surface area contributed by atoms with Crippen LogP contribution >= 0.6 is 11.3 Å². The zero-order valence-corrected chi connectivity index (χ0v) is 14.8. The summed E-state index contributed by atoms with van der Waals surface area (Å²) in [4.78, 5) is 16.7. The van der Waals surface area contributed by atoms with E-state index in [9.17, 15) is 4.79 Å². The Balaban J connectivity index is 1.55. The molecule has 1 fully saturated rings. The van der Waals surface area contributed by atoms with Crippen molar-refractivity contribution < 1.29 is 13.9 Å². The molecule has 1 aliphatic heterocycles. The topological polar surface area (TPSA) is 42.7 Å². The summed E-state index contributed by atoms with van der Waals surface area (Å²) in [5.74, 6) is 2.04. The second-order valence-electron chi connectivity index (χ2n) is 6.67. The van der Waals surface area contributed by atoms with E-state index in [1.54, 1.807) is 18.4 Å². The van der Waals surface area contributed by atoms with E-state index in [1.807, 2.05) is 17.0 Å². The van der Waals surface area contributed by atoms with Gasteiger partial charge in [0.15, 0.2) is 0 Å². The number of hydrogen-bond donors (Lipinski definition) is 0. The molecule has 1 amide bonds. The number of carbonyl (C=O) groups is 1. The van der Waals surface area contributed by atoms with E-state index in [4.69, 9.17) is 9.15 Å². The Morgan fingerprint density at radius 3 is 3.12 bits per heavy atom. The number of thiophene rings is 1. The zero-order valence-electron chi connectivity index (χ0n) is 14.0. The average molecular weight is 345 g/mol. The number of furan rings is 1. The summed E-state index contributed by atoms with van der Waals surface area (Å²) in [6, 6.07) is 6.18. The molecule has 128 valence electrons. The standard InChI is InChI=1S/C19H23NO3S/c1-22-12-13-7-8-17(23-13)16-5-3-10-20(16)19(21)15-4-2-6-18-14(15)9-11-24-18/h7-9,11,15-16H,2-6,10,12H2,1H3. The molecule has 4 rings (SSSR count). The molecule has 0 N–H and O–H groups in total. The van der Waals surface area contributed by atoms with E-state index in [-0.39, 0.29) is 17.9 Å². The van der Waals surface area contributed by atoms with Crippen molar-refractivity contribution in [1.29, 1.82) is 0 Å². The van der Waals surface area contributed by atoms with Crippen LogP contribution in [0.5, 0.6) is 0 Å². The van der Waals surface area contributed by atoms with Gasteiger partial charge in [-0.2, -0.15) is 0 Å². The maximum Gasteiger partial charge on any atom is 0.230 e. The molecule has 2 unspecified atom stereocenters. The average Bonchev–Trinajstić information content (AvgIpc) is 3.33. The minimum atomic E-state index is 0.0361. The molecule has 1 saturated heterocycles. The van der Waals surface area contributed by atoms with Crippen LogP contribution < -0.4 is 0 Å². The number of carbonyl (C=O) groups excluding carboxylic acids is 1. The summed E-state index contributed by atoms with van der Waals surface area (Å²) in [7, 11) is 1.66. The molecule has 1 aliphatic carbocycles. The Bertz CT molecular complexity index is 720. The molecule has 0 aromatic carbocycles. The molecule has 0 spiro atoms. The Labute approximate surface area is 146 Å². The van der Waals surface area contributed by atoms with Gasteiger partial charge in [0.1, 0.15) is 18.1 Å². The SMILES string of the molecule is COCc1ccc(C2CCCN2C(=O)C2CCCc3sccc32)o1. The highest BCUT2D eigenvalue weighted by Crippen LogP contribution is 2.40. The number of amides is 1. The van der Waals surface area contributed by atoms with E-state index in [1.165, 1.54) is 10.4 Å². The highest BCUT2D eigenvalue weighted by atomic mass is 32.1. The molecule has 2 aliphatic rings. The summed E-state index contributed by atoms with van der Waals surface area (Å²) in [6.45, 7) is 1.31. The molecule has 0 radical (unpaired) electrons. The number of ether oxygens (including phenoxy) is 1. The smallest absolute Gasteiger partial charge is 0.230 e. The first-order chi connectivity index (χ1) is 11.8. The maximum atomic E-state index is 13.2. The predicted octanol–water partition coefficient (Wildman–Crippen LogP) is 4.27. The van der Waals surface area contributed by atoms with Crippen molar-refractivity contribution in [2.75, 3.05) is 13.7 Å². The third-order valence-corrected chi connectivity index (χ3v) is 6.18. The van der Waals surface area contributed by atoms with Gasteiger partial charge in [-0.25, -0.2) is 0 Å². The third kappa shape index (κ3) is 2.80. The van der Waals surface area contributed by atoms with Gasteiger partial charge in [0.05, 0.1) is 12.0 Å². The normalized spacial score (nSPS) is 23.5. The van der Waals surface area contributed by atoms with Crippen molar-refractivity contribution >= 4 is 17.2 Å². The molecule has 5 heteroatoms.